The first-order chi connectivity index (χ1) is 9.49. The molecule has 1 unspecified atom stereocenters. The summed E-state index contributed by atoms with van der Waals surface area (Å²) in [5.74, 6) is 5.11. The van der Waals surface area contributed by atoms with Gasteiger partial charge >= 0.3 is 5.69 Å². The van der Waals surface area contributed by atoms with Gasteiger partial charge < -0.3 is 20.7 Å². The van der Waals surface area contributed by atoms with Crippen LogP contribution in [0.15, 0.2) is 15.8 Å². The second-order valence-electron chi connectivity index (χ2n) is 4.40. The third kappa shape index (κ3) is 2.39. The SMILES string of the molecule is CC#Cc1cn([C@@H]2O[C@H](CO)[C@@H](O)C2N)c(=O)[nH]c1=O. The molecule has 20 heavy (non-hydrogen) atoms. The highest BCUT2D eigenvalue weighted by atomic mass is 16.5. The van der Waals surface area contributed by atoms with E-state index in [2.05, 4.69) is 16.8 Å². The van der Waals surface area contributed by atoms with Crippen molar-refractivity contribution in [2.45, 2.75) is 31.4 Å². The summed E-state index contributed by atoms with van der Waals surface area (Å²) in [4.78, 5) is 25.4. The summed E-state index contributed by atoms with van der Waals surface area (Å²) in [6, 6.07) is -0.904. The summed E-state index contributed by atoms with van der Waals surface area (Å²) in [6.45, 7) is 1.13. The lowest BCUT2D eigenvalue weighted by Crippen LogP contribution is -2.43. The molecule has 8 heteroatoms. The molecule has 0 aliphatic carbocycles. The van der Waals surface area contributed by atoms with Crippen LogP contribution < -0.4 is 17.0 Å². The molecule has 1 aromatic rings. The van der Waals surface area contributed by atoms with E-state index in [9.17, 15) is 14.7 Å². The predicted molar refractivity (Wildman–Crippen MR) is 68.9 cm³/mol. The van der Waals surface area contributed by atoms with Gasteiger partial charge in [-0.05, 0) is 6.92 Å². The number of H-pyrrole nitrogens is 1. The molecule has 0 saturated carbocycles. The van der Waals surface area contributed by atoms with Crippen LogP contribution in [-0.4, -0.2) is 44.6 Å². The average molecular weight is 281 g/mol. The molecule has 5 N–H and O–H groups in total. The van der Waals surface area contributed by atoms with Crippen LogP contribution in [0.5, 0.6) is 0 Å². The van der Waals surface area contributed by atoms with Gasteiger partial charge in [0.25, 0.3) is 5.56 Å². The first-order valence-corrected chi connectivity index (χ1v) is 5.97. The zero-order chi connectivity index (χ0) is 14.9. The van der Waals surface area contributed by atoms with E-state index in [0.29, 0.717) is 0 Å². The summed E-state index contributed by atoms with van der Waals surface area (Å²) >= 11 is 0. The van der Waals surface area contributed by atoms with Gasteiger partial charge in [-0.1, -0.05) is 5.92 Å². The van der Waals surface area contributed by atoms with Gasteiger partial charge in [-0.15, -0.1) is 5.92 Å². The minimum Gasteiger partial charge on any atom is -0.394 e. The largest absolute Gasteiger partial charge is 0.394 e. The van der Waals surface area contributed by atoms with Crippen molar-refractivity contribution in [1.29, 1.82) is 0 Å². The summed E-state index contributed by atoms with van der Waals surface area (Å²) in [5, 5.41) is 18.8. The highest BCUT2D eigenvalue weighted by Gasteiger charge is 2.42. The van der Waals surface area contributed by atoms with E-state index in [-0.39, 0.29) is 5.56 Å². The summed E-state index contributed by atoms with van der Waals surface area (Å²) in [7, 11) is 0. The molecule has 0 amide bonds. The molecular weight excluding hydrogens is 266 g/mol. The fraction of sp³-hybridized carbons (Fsp3) is 0.500. The van der Waals surface area contributed by atoms with E-state index in [0.717, 1.165) is 4.57 Å². The molecule has 1 aliphatic heterocycles. The van der Waals surface area contributed by atoms with Crippen molar-refractivity contribution in [1.82, 2.24) is 9.55 Å². The molecule has 4 atom stereocenters. The van der Waals surface area contributed by atoms with Crippen molar-refractivity contribution in [3.63, 3.8) is 0 Å². The molecule has 0 bridgehead atoms. The summed E-state index contributed by atoms with van der Waals surface area (Å²) in [6.07, 6.45) is -1.74. The van der Waals surface area contributed by atoms with Gasteiger partial charge in [-0.3, -0.25) is 14.3 Å². The van der Waals surface area contributed by atoms with Gasteiger partial charge in [0.1, 0.15) is 17.8 Å². The minimum atomic E-state index is -1.11. The third-order valence-corrected chi connectivity index (χ3v) is 3.10. The number of aromatic nitrogens is 2. The van der Waals surface area contributed by atoms with Gasteiger partial charge in [0.05, 0.1) is 12.6 Å². The molecule has 108 valence electrons. The number of nitrogens with one attached hydrogen (secondary N) is 1. The van der Waals surface area contributed by atoms with Gasteiger partial charge in [0, 0.05) is 6.20 Å². The Balaban J connectivity index is 2.47. The van der Waals surface area contributed by atoms with Crippen LogP contribution in [0, 0.1) is 11.8 Å². The van der Waals surface area contributed by atoms with Crippen molar-refractivity contribution in [2.75, 3.05) is 6.61 Å². The lowest BCUT2D eigenvalue weighted by atomic mass is 10.1. The molecule has 0 spiro atoms. The van der Waals surface area contributed by atoms with Crippen molar-refractivity contribution in [3.05, 3.63) is 32.6 Å². The fourth-order valence-corrected chi connectivity index (χ4v) is 2.07. The number of aromatic amines is 1. The molecule has 1 aliphatic rings. The molecular formula is C12H15N3O5. The Morgan fingerprint density at radius 1 is 1.55 bits per heavy atom. The van der Waals surface area contributed by atoms with E-state index >= 15 is 0 Å². The minimum absolute atomic E-state index is 0.0878. The van der Waals surface area contributed by atoms with Crippen LogP contribution in [0.3, 0.4) is 0 Å². The zero-order valence-electron chi connectivity index (χ0n) is 10.7. The Bertz CT molecular complexity index is 668. The summed E-state index contributed by atoms with van der Waals surface area (Å²) < 4.78 is 6.40. The topological polar surface area (TPSA) is 131 Å². The number of nitrogens with zero attached hydrogens (tertiary/aromatic N) is 1. The Labute approximate surface area is 113 Å². The highest BCUT2D eigenvalue weighted by Crippen LogP contribution is 2.26. The van der Waals surface area contributed by atoms with Crippen molar-refractivity contribution in [2.24, 2.45) is 5.73 Å². The van der Waals surface area contributed by atoms with Crippen LogP contribution in [-0.2, 0) is 4.74 Å². The van der Waals surface area contributed by atoms with E-state index < -0.39 is 42.3 Å². The average Bonchev–Trinajstić information content (AvgIpc) is 2.70. The van der Waals surface area contributed by atoms with Gasteiger partial charge in [-0.2, -0.15) is 0 Å². The lowest BCUT2D eigenvalue weighted by molar-refractivity contribution is -0.0465. The Morgan fingerprint density at radius 2 is 2.25 bits per heavy atom. The molecule has 1 aromatic heterocycles. The number of hydrogen-bond acceptors (Lipinski definition) is 6. The Hall–Kier alpha value is -1.92. The number of aliphatic hydroxyl groups is 2. The number of nitrogens with two attached hydrogens (primary N) is 1. The second kappa shape index (κ2) is 5.60. The highest BCUT2D eigenvalue weighted by molar-refractivity contribution is 5.29. The molecule has 2 rings (SSSR count). The normalized spacial score (nSPS) is 29.0. The van der Waals surface area contributed by atoms with E-state index in [4.69, 9.17) is 15.6 Å². The van der Waals surface area contributed by atoms with Crippen LogP contribution in [0.4, 0.5) is 0 Å². The van der Waals surface area contributed by atoms with E-state index in [1.165, 1.54) is 6.20 Å². The van der Waals surface area contributed by atoms with Crippen molar-refractivity contribution in [3.8, 4) is 11.8 Å². The number of hydrogen-bond donors (Lipinski definition) is 4. The third-order valence-electron chi connectivity index (χ3n) is 3.10. The molecule has 0 aromatic carbocycles. The standard InChI is InChI=1S/C12H15N3O5/c1-2-3-6-4-15(12(19)14-10(6)18)11-8(13)9(17)7(5-16)20-11/h4,7-9,11,16-17H,5,13H2,1H3,(H,14,18,19)/t7-,8?,9-,11-/m1/s1. The van der Waals surface area contributed by atoms with Gasteiger partial charge in [0.15, 0.2) is 6.23 Å². The molecule has 1 fully saturated rings. The van der Waals surface area contributed by atoms with E-state index in [1.807, 2.05) is 0 Å². The maximum absolute atomic E-state index is 11.8. The molecule has 0 radical (unpaired) electrons. The molecule has 2 heterocycles. The molecule has 8 nitrogen and oxygen atoms in total. The fourth-order valence-electron chi connectivity index (χ4n) is 2.07. The maximum Gasteiger partial charge on any atom is 0.330 e. The van der Waals surface area contributed by atoms with Crippen LogP contribution in [0.1, 0.15) is 18.7 Å². The van der Waals surface area contributed by atoms with Crippen molar-refractivity contribution < 1.29 is 14.9 Å². The number of rotatable bonds is 2. The maximum atomic E-state index is 11.8. The quantitative estimate of drug-likeness (QED) is 0.443. The second-order valence-corrected chi connectivity index (χ2v) is 4.40. The van der Waals surface area contributed by atoms with Crippen LogP contribution in [0.2, 0.25) is 0 Å². The summed E-state index contributed by atoms with van der Waals surface area (Å²) in [5.41, 5.74) is 4.54. The monoisotopic (exact) mass is 281 g/mol. The first kappa shape index (κ1) is 14.5. The van der Waals surface area contributed by atoms with Gasteiger partial charge in [0.2, 0.25) is 0 Å². The molecule has 1 saturated heterocycles. The number of aliphatic hydroxyl groups excluding tert-OH is 2. The number of ether oxygens (including phenoxy) is 1. The van der Waals surface area contributed by atoms with Gasteiger partial charge in [-0.25, -0.2) is 4.79 Å². The Morgan fingerprint density at radius 3 is 2.80 bits per heavy atom. The predicted octanol–water partition coefficient (Wildman–Crippen LogP) is -2.51. The van der Waals surface area contributed by atoms with E-state index in [1.54, 1.807) is 6.92 Å². The zero-order valence-corrected chi connectivity index (χ0v) is 10.7. The van der Waals surface area contributed by atoms with Crippen LogP contribution in [0.25, 0.3) is 0 Å². The smallest absolute Gasteiger partial charge is 0.330 e. The lowest BCUT2D eigenvalue weighted by Gasteiger charge is -2.18. The van der Waals surface area contributed by atoms with Crippen molar-refractivity contribution >= 4 is 0 Å². The Kier molecular flexibility index (Phi) is 4.06. The first-order valence-electron chi connectivity index (χ1n) is 5.97. The van der Waals surface area contributed by atoms with Crippen LogP contribution >= 0.6 is 0 Å².